The first-order valence-electron chi connectivity index (χ1n) is 10.5. The Kier molecular flexibility index (Phi) is 6.57. The van der Waals surface area contributed by atoms with Gasteiger partial charge in [0.15, 0.2) is 0 Å². The molecule has 0 aliphatic heterocycles. The molecule has 0 atom stereocenters. The molecule has 2 aromatic carbocycles. The van der Waals surface area contributed by atoms with E-state index in [1.54, 1.807) is 24.5 Å². The molecule has 0 bridgehead atoms. The molecule has 0 radical (unpaired) electrons. The molecule has 0 spiro atoms. The summed E-state index contributed by atoms with van der Waals surface area (Å²) in [4.78, 5) is 21.0. The zero-order valence-electron chi connectivity index (χ0n) is 17.6. The van der Waals surface area contributed by atoms with Crippen LogP contribution in [-0.4, -0.2) is 33.6 Å². The number of ether oxygens (including phenoxy) is 1. The number of carbonyl (C=O) groups excluding carboxylic acids is 1. The van der Waals surface area contributed by atoms with Crippen molar-refractivity contribution in [3.8, 4) is 5.75 Å². The van der Waals surface area contributed by atoms with E-state index in [-0.39, 0.29) is 5.91 Å². The molecule has 1 N–H and O–H groups in total. The standard InChI is InChI=1S/C25H26N4O2/c1-19-7-2-5-10-23(19)31-18-6-17-29-22-9-4-3-8-21(22)28-24(29)13-16-27-25(30)20-11-14-26-15-12-20/h2-5,7-12,14-15H,6,13,16-18H2,1H3,(H,27,30). The molecule has 6 nitrogen and oxygen atoms in total. The van der Waals surface area contributed by atoms with Crippen LogP contribution < -0.4 is 10.1 Å². The molecular weight excluding hydrogens is 388 g/mol. The summed E-state index contributed by atoms with van der Waals surface area (Å²) in [5.41, 5.74) is 3.82. The van der Waals surface area contributed by atoms with Crippen LogP contribution in [0.1, 0.15) is 28.2 Å². The number of para-hydroxylation sites is 3. The average molecular weight is 415 g/mol. The third-order valence-electron chi connectivity index (χ3n) is 5.19. The summed E-state index contributed by atoms with van der Waals surface area (Å²) >= 11 is 0. The number of aromatic nitrogens is 3. The molecule has 0 fully saturated rings. The second-order valence-electron chi connectivity index (χ2n) is 7.38. The van der Waals surface area contributed by atoms with Crippen molar-refractivity contribution >= 4 is 16.9 Å². The van der Waals surface area contributed by atoms with Gasteiger partial charge in [-0.1, -0.05) is 30.3 Å². The third kappa shape index (κ3) is 5.09. The molecule has 0 aliphatic rings. The van der Waals surface area contributed by atoms with E-state index in [1.165, 1.54) is 0 Å². The van der Waals surface area contributed by atoms with Gasteiger partial charge < -0.3 is 14.6 Å². The molecule has 2 aromatic heterocycles. The lowest BCUT2D eigenvalue weighted by atomic mass is 10.2. The number of aryl methyl sites for hydroxylation is 2. The molecule has 2 heterocycles. The van der Waals surface area contributed by atoms with E-state index in [0.29, 0.717) is 25.1 Å². The number of rotatable bonds is 9. The lowest BCUT2D eigenvalue weighted by molar-refractivity contribution is 0.0954. The third-order valence-corrected chi connectivity index (χ3v) is 5.19. The molecular formula is C25H26N4O2. The first kappa shape index (κ1) is 20.6. The van der Waals surface area contributed by atoms with Gasteiger partial charge in [-0.15, -0.1) is 0 Å². The molecule has 6 heteroatoms. The van der Waals surface area contributed by atoms with Crippen molar-refractivity contribution < 1.29 is 9.53 Å². The SMILES string of the molecule is Cc1ccccc1OCCCn1c(CCNC(=O)c2ccncc2)nc2ccccc21. The maximum absolute atomic E-state index is 12.3. The Labute approximate surface area is 181 Å². The monoisotopic (exact) mass is 414 g/mol. The number of nitrogens with one attached hydrogen (secondary N) is 1. The number of carbonyl (C=O) groups is 1. The van der Waals surface area contributed by atoms with Crippen molar-refractivity contribution in [3.05, 3.63) is 90.0 Å². The predicted octanol–water partition coefficient (Wildman–Crippen LogP) is 4.18. The van der Waals surface area contributed by atoms with Crippen LogP contribution >= 0.6 is 0 Å². The lowest BCUT2D eigenvalue weighted by Gasteiger charge is -2.12. The smallest absolute Gasteiger partial charge is 0.251 e. The summed E-state index contributed by atoms with van der Waals surface area (Å²) in [6.07, 6.45) is 4.76. The number of benzene rings is 2. The Morgan fingerprint density at radius 1 is 1.03 bits per heavy atom. The summed E-state index contributed by atoms with van der Waals surface area (Å²) < 4.78 is 8.18. The van der Waals surface area contributed by atoms with Gasteiger partial charge in [0.25, 0.3) is 5.91 Å². The van der Waals surface area contributed by atoms with Crippen molar-refractivity contribution in [3.63, 3.8) is 0 Å². The molecule has 31 heavy (non-hydrogen) atoms. The van der Waals surface area contributed by atoms with E-state index in [2.05, 4.69) is 33.9 Å². The van der Waals surface area contributed by atoms with Crippen molar-refractivity contribution in [2.75, 3.05) is 13.2 Å². The molecule has 0 saturated heterocycles. The van der Waals surface area contributed by atoms with Crippen molar-refractivity contribution in [2.45, 2.75) is 26.3 Å². The number of fused-ring (bicyclic) bond motifs is 1. The van der Waals surface area contributed by atoms with Gasteiger partial charge >= 0.3 is 0 Å². The first-order chi connectivity index (χ1) is 15.2. The molecule has 1 amide bonds. The van der Waals surface area contributed by atoms with Crippen LogP contribution in [0.5, 0.6) is 5.75 Å². The fourth-order valence-electron chi connectivity index (χ4n) is 3.58. The summed E-state index contributed by atoms with van der Waals surface area (Å²) in [6.45, 7) is 4.01. The first-order valence-corrected chi connectivity index (χ1v) is 10.5. The van der Waals surface area contributed by atoms with E-state index in [9.17, 15) is 4.79 Å². The highest BCUT2D eigenvalue weighted by Crippen LogP contribution is 2.19. The largest absolute Gasteiger partial charge is 0.493 e. The fourth-order valence-corrected chi connectivity index (χ4v) is 3.58. The van der Waals surface area contributed by atoms with Gasteiger partial charge in [-0.2, -0.15) is 0 Å². The second kappa shape index (κ2) is 9.89. The highest BCUT2D eigenvalue weighted by molar-refractivity contribution is 5.93. The molecule has 4 rings (SSSR count). The lowest BCUT2D eigenvalue weighted by Crippen LogP contribution is -2.26. The van der Waals surface area contributed by atoms with Gasteiger partial charge in [0.1, 0.15) is 11.6 Å². The maximum atomic E-state index is 12.3. The summed E-state index contributed by atoms with van der Waals surface area (Å²) in [5, 5.41) is 2.97. The summed E-state index contributed by atoms with van der Waals surface area (Å²) in [5.74, 6) is 1.79. The van der Waals surface area contributed by atoms with Crippen LogP contribution in [0.4, 0.5) is 0 Å². The normalized spacial score (nSPS) is 10.9. The number of imidazole rings is 1. The number of nitrogens with zero attached hydrogens (tertiary/aromatic N) is 3. The van der Waals surface area contributed by atoms with Gasteiger partial charge in [0, 0.05) is 37.5 Å². The van der Waals surface area contributed by atoms with Crippen molar-refractivity contribution in [2.24, 2.45) is 0 Å². The number of hydrogen-bond acceptors (Lipinski definition) is 4. The van der Waals surface area contributed by atoms with Crippen molar-refractivity contribution in [1.82, 2.24) is 19.9 Å². The minimum Gasteiger partial charge on any atom is -0.493 e. The van der Waals surface area contributed by atoms with Gasteiger partial charge in [-0.3, -0.25) is 9.78 Å². The Morgan fingerprint density at radius 2 is 1.81 bits per heavy atom. The second-order valence-corrected chi connectivity index (χ2v) is 7.38. The minimum atomic E-state index is -0.100. The Hall–Kier alpha value is -3.67. The predicted molar refractivity (Wildman–Crippen MR) is 121 cm³/mol. The minimum absolute atomic E-state index is 0.100. The van der Waals surface area contributed by atoms with Gasteiger partial charge in [-0.25, -0.2) is 4.98 Å². The Morgan fingerprint density at radius 3 is 2.65 bits per heavy atom. The molecule has 4 aromatic rings. The van der Waals surface area contributed by atoms with Crippen molar-refractivity contribution in [1.29, 1.82) is 0 Å². The van der Waals surface area contributed by atoms with E-state index in [1.807, 2.05) is 36.4 Å². The van der Waals surface area contributed by atoms with E-state index in [0.717, 1.165) is 41.1 Å². The summed E-state index contributed by atoms with van der Waals surface area (Å²) in [7, 11) is 0. The number of hydrogen-bond donors (Lipinski definition) is 1. The molecule has 158 valence electrons. The Bertz CT molecular complexity index is 1150. The zero-order valence-corrected chi connectivity index (χ0v) is 17.6. The van der Waals surface area contributed by atoms with E-state index in [4.69, 9.17) is 9.72 Å². The van der Waals surface area contributed by atoms with Gasteiger partial charge in [0.05, 0.1) is 17.6 Å². The number of pyridine rings is 1. The average Bonchev–Trinajstić information content (AvgIpc) is 3.15. The Balaban J connectivity index is 1.38. The van der Waals surface area contributed by atoms with Crippen LogP contribution in [0.15, 0.2) is 73.1 Å². The highest BCUT2D eigenvalue weighted by Gasteiger charge is 2.11. The van der Waals surface area contributed by atoms with E-state index < -0.39 is 0 Å². The highest BCUT2D eigenvalue weighted by atomic mass is 16.5. The summed E-state index contributed by atoms with van der Waals surface area (Å²) in [6, 6.07) is 19.6. The zero-order chi connectivity index (χ0) is 21.5. The van der Waals surface area contributed by atoms with Crippen LogP contribution in [0.2, 0.25) is 0 Å². The molecule has 0 saturated carbocycles. The van der Waals surface area contributed by atoms with Gasteiger partial charge in [0.2, 0.25) is 0 Å². The van der Waals surface area contributed by atoms with E-state index >= 15 is 0 Å². The van der Waals surface area contributed by atoms with Gasteiger partial charge in [-0.05, 0) is 49.2 Å². The van der Waals surface area contributed by atoms with Crippen LogP contribution in [-0.2, 0) is 13.0 Å². The number of amides is 1. The molecule has 0 aliphatic carbocycles. The van der Waals surface area contributed by atoms with Crippen LogP contribution in [0.3, 0.4) is 0 Å². The van der Waals surface area contributed by atoms with Crippen LogP contribution in [0, 0.1) is 6.92 Å². The quantitative estimate of drug-likeness (QED) is 0.417. The maximum Gasteiger partial charge on any atom is 0.251 e. The topological polar surface area (TPSA) is 69.0 Å². The molecule has 0 unspecified atom stereocenters. The fraction of sp³-hybridized carbons (Fsp3) is 0.240. The van der Waals surface area contributed by atoms with Crippen LogP contribution in [0.25, 0.3) is 11.0 Å².